The van der Waals surface area contributed by atoms with Crippen molar-refractivity contribution in [2.75, 3.05) is 45.3 Å². The van der Waals surface area contributed by atoms with E-state index in [0.717, 1.165) is 44.4 Å². The smallest absolute Gasteiger partial charge is 0.224 e. The van der Waals surface area contributed by atoms with Crippen LogP contribution >= 0.6 is 11.6 Å². The van der Waals surface area contributed by atoms with Crippen molar-refractivity contribution >= 4 is 17.4 Å². The lowest BCUT2D eigenvalue weighted by Gasteiger charge is -2.28. The summed E-state index contributed by atoms with van der Waals surface area (Å²) >= 11 is 5.95. The zero-order valence-electron chi connectivity index (χ0n) is 10.2. The standard InChI is InChI=1S/C11H17ClN4O/c1-15(2)8-9-7-10(14-11(12)13-9)16-3-5-17-6-4-16/h7H,3-6,8H2,1-2H3. The van der Waals surface area contributed by atoms with E-state index in [2.05, 4.69) is 19.8 Å². The van der Waals surface area contributed by atoms with Crippen molar-refractivity contribution in [2.24, 2.45) is 0 Å². The van der Waals surface area contributed by atoms with Gasteiger partial charge in [-0.2, -0.15) is 0 Å². The van der Waals surface area contributed by atoms with Gasteiger partial charge in [0.15, 0.2) is 0 Å². The second-order valence-electron chi connectivity index (χ2n) is 4.32. The zero-order chi connectivity index (χ0) is 12.3. The van der Waals surface area contributed by atoms with Gasteiger partial charge in [-0.1, -0.05) is 0 Å². The Kier molecular flexibility index (Phi) is 4.15. The quantitative estimate of drug-likeness (QED) is 0.756. The highest BCUT2D eigenvalue weighted by atomic mass is 35.5. The predicted octanol–water partition coefficient (Wildman–Crippen LogP) is 1.03. The average Bonchev–Trinajstić information content (AvgIpc) is 2.28. The van der Waals surface area contributed by atoms with Crippen LogP contribution in [0, 0.1) is 0 Å². The van der Waals surface area contributed by atoms with Gasteiger partial charge in [0.1, 0.15) is 5.82 Å². The maximum Gasteiger partial charge on any atom is 0.224 e. The number of ether oxygens (including phenoxy) is 1. The lowest BCUT2D eigenvalue weighted by molar-refractivity contribution is 0.122. The number of halogens is 1. The fourth-order valence-electron chi connectivity index (χ4n) is 1.81. The van der Waals surface area contributed by atoms with Crippen LogP contribution < -0.4 is 4.90 Å². The molecule has 0 N–H and O–H groups in total. The second kappa shape index (κ2) is 5.62. The maximum absolute atomic E-state index is 5.95. The summed E-state index contributed by atoms with van der Waals surface area (Å²) in [6.07, 6.45) is 0. The van der Waals surface area contributed by atoms with Crippen LogP contribution in [0.5, 0.6) is 0 Å². The summed E-state index contributed by atoms with van der Waals surface area (Å²) in [7, 11) is 4.01. The van der Waals surface area contributed by atoms with Crippen LogP contribution in [-0.4, -0.2) is 55.3 Å². The summed E-state index contributed by atoms with van der Waals surface area (Å²) in [6, 6.07) is 2.00. The van der Waals surface area contributed by atoms with E-state index in [0.29, 0.717) is 5.28 Å². The highest BCUT2D eigenvalue weighted by molar-refractivity contribution is 6.28. The van der Waals surface area contributed by atoms with Gasteiger partial charge in [0.2, 0.25) is 5.28 Å². The summed E-state index contributed by atoms with van der Waals surface area (Å²) in [5, 5.41) is 0.311. The van der Waals surface area contributed by atoms with Crippen LogP contribution in [0.1, 0.15) is 5.69 Å². The molecule has 0 atom stereocenters. The third-order valence-corrected chi connectivity index (χ3v) is 2.72. The molecule has 5 nitrogen and oxygen atoms in total. The molecule has 0 aliphatic carbocycles. The van der Waals surface area contributed by atoms with E-state index in [9.17, 15) is 0 Å². The molecule has 6 heteroatoms. The molecule has 0 spiro atoms. The number of aromatic nitrogens is 2. The Balaban J connectivity index is 2.18. The Morgan fingerprint density at radius 1 is 1.35 bits per heavy atom. The van der Waals surface area contributed by atoms with Crippen molar-refractivity contribution in [3.63, 3.8) is 0 Å². The molecule has 0 radical (unpaired) electrons. The fraction of sp³-hybridized carbons (Fsp3) is 0.636. The maximum atomic E-state index is 5.95. The van der Waals surface area contributed by atoms with Gasteiger partial charge < -0.3 is 14.5 Å². The molecule has 1 aromatic heterocycles. The van der Waals surface area contributed by atoms with E-state index in [4.69, 9.17) is 16.3 Å². The van der Waals surface area contributed by atoms with Gasteiger partial charge in [0.25, 0.3) is 0 Å². The van der Waals surface area contributed by atoms with Crippen LogP contribution in [0.15, 0.2) is 6.07 Å². The molecule has 2 rings (SSSR count). The summed E-state index contributed by atoms with van der Waals surface area (Å²) in [6.45, 7) is 3.96. The van der Waals surface area contributed by atoms with Gasteiger partial charge in [0, 0.05) is 25.7 Å². The van der Waals surface area contributed by atoms with E-state index >= 15 is 0 Å². The van der Waals surface area contributed by atoms with Crippen molar-refractivity contribution < 1.29 is 4.74 Å². The predicted molar refractivity (Wildman–Crippen MR) is 67.5 cm³/mol. The van der Waals surface area contributed by atoms with Crippen molar-refractivity contribution in [2.45, 2.75) is 6.54 Å². The number of anilines is 1. The molecule has 0 saturated carbocycles. The Hall–Kier alpha value is -0.910. The van der Waals surface area contributed by atoms with Crippen molar-refractivity contribution in [3.05, 3.63) is 17.0 Å². The van der Waals surface area contributed by atoms with E-state index < -0.39 is 0 Å². The first-order valence-electron chi connectivity index (χ1n) is 5.66. The highest BCUT2D eigenvalue weighted by Gasteiger charge is 2.14. The lowest BCUT2D eigenvalue weighted by atomic mass is 10.3. The van der Waals surface area contributed by atoms with E-state index in [1.54, 1.807) is 0 Å². The number of hydrogen-bond acceptors (Lipinski definition) is 5. The van der Waals surface area contributed by atoms with Gasteiger partial charge in [-0.15, -0.1) is 0 Å². The third kappa shape index (κ3) is 3.52. The van der Waals surface area contributed by atoms with Crippen LogP contribution in [0.25, 0.3) is 0 Å². The first kappa shape index (κ1) is 12.5. The summed E-state index contributed by atoms with van der Waals surface area (Å²) in [5.74, 6) is 0.894. The van der Waals surface area contributed by atoms with Crippen molar-refractivity contribution in [3.8, 4) is 0 Å². The molecular weight excluding hydrogens is 240 g/mol. The molecule has 1 saturated heterocycles. The van der Waals surface area contributed by atoms with Gasteiger partial charge in [-0.25, -0.2) is 9.97 Å². The molecule has 94 valence electrons. The molecular formula is C11H17ClN4O. The summed E-state index contributed by atoms with van der Waals surface area (Å²) in [4.78, 5) is 12.7. The topological polar surface area (TPSA) is 41.5 Å². The minimum atomic E-state index is 0.311. The minimum absolute atomic E-state index is 0.311. The van der Waals surface area contributed by atoms with Gasteiger partial charge in [0.05, 0.1) is 18.9 Å². The largest absolute Gasteiger partial charge is 0.378 e. The van der Waals surface area contributed by atoms with Crippen molar-refractivity contribution in [1.82, 2.24) is 14.9 Å². The van der Waals surface area contributed by atoms with Crippen LogP contribution in [0.4, 0.5) is 5.82 Å². The first-order chi connectivity index (χ1) is 8.15. The Bertz CT molecular complexity index is 380. The number of morpholine rings is 1. The summed E-state index contributed by atoms with van der Waals surface area (Å²) < 4.78 is 5.32. The Morgan fingerprint density at radius 2 is 2.06 bits per heavy atom. The van der Waals surface area contributed by atoms with E-state index in [-0.39, 0.29) is 0 Å². The molecule has 1 aromatic rings. The van der Waals surface area contributed by atoms with Gasteiger partial charge in [-0.05, 0) is 25.7 Å². The lowest BCUT2D eigenvalue weighted by Crippen LogP contribution is -2.37. The second-order valence-corrected chi connectivity index (χ2v) is 4.66. The minimum Gasteiger partial charge on any atom is -0.378 e. The molecule has 0 aromatic carbocycles. The van der Waals surface area contributed by atoms with Crippen molar-refractivity contribution in [1.29, 1.82) is 0 Å². The molecule has 17 heavy (non-hydrogen) atoms. The molecule has 0 unspecified atom stereocenters. The number of rotatable bonds is 3. The van der Waals surface area contributed by atoms with Crippen LogP contribution in [0.2, 0.25) is 5.28 Å². The molecule has 0 bridgehead atoms. The summed E-state index contributed by atoms with van der Waals surface area (Å²) in [5.41, 5.74) is 0.941. The fourth-order valence-corrected chi connectivity index (χ4v) is 2.01. The SMILES string of the molecule is CN(C)Cc1cc(N2CCOCC2)nc(Cl)n1. The monoisotopic (exact) mass is 256 g/mol. The molecule has 0 amide bonds. The number of nitrogens with zero attached hydrogens (tertiary/aromatic N) is 4. The Morgan fingerprint density at radius 3 is 2.71 bits per heavy atom. The molecule has 1 fully saturated rings. The van der Waals surface area contributed by atoms with E-state index in [1.165, 1.54) is 0 Å². The molecule has 2 heterocycles. The molecule has 1 aliphatic heterocycles. The average molecular weight is 257 g/mol. The zero-order valence-corrected chi connectivity index (χ0v) is 10.9. The highest BCUT2D eigenvalue weighted by Crippen LogP contribution is 2.17. The van der Waals surface area contributed by atoms with Gasteiger partial charge in [-0.3, -0.25) is 0 Å². The van der Waals surface area contributed by atoms with Gasteiger partial charge >= 0.3 is 0 Å². The number of hydrogen-bond donors (Lipinski definition) is 0. The first-order valence-corrected chi connectivity index (χ1v) is 6.04. The Labute approximate surface area is 106 Å². The molecule has 1 aliphatic rings. The van der Waals surface area contributed by atoms with E-state index in [1.807, 2.05) is 20.2 Å². The third-order valence-electron chi connectivity index (χ3n) is 2.55. The normalized spacial score (nSPS) is 16.6. The van der Waals surface area contributed by atoms with Crippen LogP contribution in [-0.2, 0) is 11.3 Å². The van der Waals surface area contributed by atoms with Crippen LogP contribution in [0.3, 0.4) is 0 Å².